The molecule has 0 fully saturated rings. The van der Waals surface area contributed by atoms with Gasteiger partial charge in [0.2, 0.25) is 0 Å². The zero-order valence-corrected chi connectivity index (χ0v) is 9.53. The summed E-state index contributed by atoms with van der Waals surface area (Å²) in [6, 6.07) is 1.50. The predicted molar refractivity (Wildman–Crippen MR) is 58.8 cm³/mol. The van der Waals surface area contributed by atoms with Crippen molar-refractivity contribution in [1.82, 2.24) is 15.3 Å². The molecule has 1 rings (SSSR count). The van der Waals surface area contributed by atoms with Crippen LogP contribution in [0.3, 0.4) is 0 Å². The molecule has 0 saturated heterocycles. The minimum atomic E-state index is -0.502. The van der Waals surface area contributed by atoms with Crippen molar-refractivity contribution in [2.45, 2.75) is 25.8 Å². The molecule has 0 bridgehead atoms. The molecule has 16 heavy (non-hydrogen) atoms. The summed E-state index contributed by atoms with van der Waals surface area (Å²) in [5, 5.41) is 11.5. The standard InChI is InChI=1S/C10H11ClN4O/c1-2-3-7(4-12)14-10(16)8-5-13-6-9(11)15-8/h5-7H,2-3H2,1H3,(H,14,16). The zero-order valence-electron chi connectivity index (χ0n) is 8.77. The molecule has 1 aromatic rings. The molecule has 1 heterocycles. The van der Waals surface area contributed by atoms with Crippen molar-refractivity contribution in [3.8, 4) is 6.07 Å². The average molecular weight is 239 g/mol. The van der Waals surface area contributed by atoms with Crippen LogP contribution in [0.1, 0.15) is 30.3 Å². The van der Waals surface area contributed by atoms with Crippen molar-refractivity contribution in [3.63, 3.8) is 0 Å². The van der Waals surface area contributed by atoms with Crippen molar-refractivity contribution in [3.05, 3.63) is 23.2 Å². The van der Waals surface area contributed by atoms with E-state index in [1.165, 1.54) is 12.4 Å². The van der Waals surface area contributed by atoms with Crippen molar-refractivity contribution in [2.24, 2.45) is 0 Å². The summed E-state index contributed by atoms with van der Waals surface area (Å²) in [5.74, 6) is -0.435. The number of rotatable bonds is 4. The molecular weight excluding hydrogens is 228 g/mol. The largest absolute Gasteiger partial charge is 0.335 e. The van der Waals surface area contributed by atoms with Gasteiger partial charge in [0.15, 0.2) is 0 Å². The summed E-state index contributed by atoms with van der Waals surface area (Å²) in [4.78, 5) is 19.2. The van der Waals surface area contributed by atoms with Crippen molar-refractivity contribution in [1.29, 1.82) is 5.26 Å². The van der Waals surface area contributed by atoms with Gasteiger partial charge in [-0.25, -0.2) is 4.98 Å². The molecule has 1 atom stereocenters. The maximum atomic E-state index is 11.6. The Bertz CT molecular complexity index is 416. The van der Waals surface area contributed by atoms with E-state index in [2.05, 4.69) is 15.3 Å². The van der Waals surface area contributed by atoms with Gasteiger partial charge in [0.25, 0.3) is 5.91 Å². The summed E-state index contributed by atoms with van der Waals surface area (Å²) in [6.45, 7) is 1.94. The summed E-state index contributed by atoms with van der Waals surface area (Å²) in [5.41, 5.74) is 0.115. The van der Waals surface area contributed by atoms with E-state index in [0.29, 0.717) is 6.42 Å². The topological polar surface area (TPSA) is 78.7 Å². The number of nitriles is 1. The van der Waals surface area contributed by atoms with E-state index in [4.69, 9.17) is 16.9 Å². The Hall–Kier alpha value is -1.67. The molecule has 0 spiro atoms. The minimum Gasteiger partial charge on any atom is -0.335 e. The lowest BCUT2D eigenvalue weighted by atomic mass is 10.2. The molecule has 0 radical (unpaired) electrons. The van der Waals surface area contributed by atoms with Crippen molar-refractivity contribution in [2.75, 3.05) is 0 Å². The van der Waals surface area contributed by atoms with Crippen LogP contribution in [0.15, 0.2) is 12.4 Å². The fourth-order valence-corrected chi connectivity index (χ4v) is 1.29. The second kappa shape index (κ2) is 6.03. The lowest BCUT2D eigenvalue weighted by Gasteiger charge is -2.09. The summed E-state index contributed by atoms with van der Waals surface area (Å²) in [6.07, 6.45) is 4.07. The minimum absolute atomic E-state index is 0.115. The summed E-state index contributed by atoms with van der Waals surface area (Å²) < 4.78 is 0. The third-order valence-electron chi connectivity index (χ3n) is 1.88. The van der Waals surface area contributed by atoms with Gasteiger partial charge in [-0.2, -0.15) is 5.26 Å². The second-order valence-electron chi connectivity index (χ2n) is 3.17. The van der Waals surface area contributed by atoms with Crippen LogP contribution in [-0.2, 0) is 0 Å². The van der Waals surface area contributed by atoms with Gasteiger partial charge in [0.05, 0.1) is 18.5 Å². The summed E-state index contributed by atoms with van der Waals surface area (Å²) >= 11 is 5.60. The molecule has 0 aromatic carbocycles. The van der Waals surface area contributed by atoms with E-state index in [-0.39, 0.29) is 10.8 Å². The normalized spacial score (nSPS) is 11.6. The molecular formula is C10H11ClN4O. The highest BCUT2D eigenvalue weighted by Crippen LogP contribution is 2.03. The number of hydrogen-bond donors (Lipinski definition) is 1. The second-order valence-corrected chi connectivity index (χ2v) is 3.56. The molecule has 1 amide bonds. The van der Waals surface area contributed by atoms with Crippen LogP contribution in [0.4, 0.5) is 0 Å². The van der Waals surface area contributed by atoms with Crippen LogP contribution < -0.4 is 5.32 Å². The first-order valence-electron chi connectivity index (χ1n) is 4.85. The highest BCUT2D eigenvalue weighted by Gasteiger charge is 2.13. The molecule has 1 unspecified atom stereocenters. The van der Waals surface area contributed by atoms with E-state index in [9.17, 15) is 4.79 Å². The van der Waals surface area contributed by atoms with Gasteiger partial charge in [-0.15, -0.1) is 0 Å². The molecule has 1 aromatic heterocycles. The highest BCUT2D eigenvalue weighted by molar-refractivity contribution is 6.29. The molecule has 0 aliphatic carbocycles. The Kier molecular flexibility index (Phi) is 4.67. The van der Waals surface area contributed by atoms with E-state index in [1.807, 2.05) is 13.0 Å². The predicted octanol–water partition coefficient (Wildman–Crippen LogP) is 1.55. The zero-order chi connectivity index (χ0) is 12.0. The van der Waals surface area contributed by atoms with Crippen molar-refractivity contribution >= 4 is 17.5 Å². The Labute approximate surface area is 98.5 Å². The van der Waals surface area contributed by atoms with Crippen LogP contribution in [0.2, 0.25) is 5.15 Å². The third kappa shape index (κ3) is 3.48. The number of halogens is 1. The molecule has 0 aliphatic heterocycles. The monoisotopic (exact) mass is 238 g/mol. The van der Waals surface area contributed by atoms with Gasteiger partial charge in [-0.05, 0) is 6.42 Å². The lowest BCUT2D eigenvalue weighted by molar-refractivity contribution is 0.0938. The number of aromatic nitrogens is 2. The number of carbonyl (C=O) groups is 1. The molecule has 6 heteroatoms. The third-order valence-corrected chi connectivity index (χ3v) is 2.06. The fraction of sp³-hybridized carbons (Fsp3) is 0.400. The quantitative estimate of drug-likeness (QED) is 0.863. The van der Waals surface area contributed by atoms with Gasteiger partial charge in [-0.3, -0.25) is 9.78 Å². The van der Waals surface area contributed by atoms with Gasteiger partial charge in [0, 0.05) is 0 Å². The number of hydrogen-bond acceptors (Lipinski definition) is 4. The number of nitrogens with zero attached hydrogens (tertiary/aromatic N) is 3. The van der Waals surface area contributed by atoms with Crippen LogP contribution in [0.5, 0.6) is 0 Å². The number of nitrogens with one attached hydrogen (secondary N) is 1. The maximum Gasteiger partial charge on any atom is 0.272 e. The van der Waals surface area contributed by atoms with Crippen LogP contribution in [-0.4, -0.2) is 21.9 Å². The van der Waals surface area contributed by atoms with Gasteiger partial charge in [0.1, 0.15) is 16.9 Å². The molecule has 1 N–H and O–H groups in total. The van der Waals surface area contributed by atoms with E-state index in [0.717, 1.165) is 6.42 Å². The first kappa shape index (κ1) is 12.4. The first-order chi connectivity index (χ1) is 7.67. The van der Waals surface area contributed by atoms with E-state index >= 15 is 0 Å². The first-order valence-corrected chi connectivity index (χ1v) is 5.23. The van der Waals surface area contributed by atoms with Crippen LogP contribution >= 0.6 is 11.6 Å². The lowest BCUT2D eigenvalue weighted by Crippen LogP contribution is -2.34. The van der Waals surface area contributed by atoms with Crippen LogP contribution in [0, 0.1) is 11.3 Å². The Balaban J connectivity index is 2.69. The average Bonchev–Trinajstić information content (AvgIpc) is 2.28. The molecule has 84 valence electrons. The van der Waals surface area contributed by atoms with Gasteiger partial charge >= 0.3 is 0 Å². The smallest absolute Gasteiger partial charge is 0.272 e. The Morgan fingerprint density at radius 1 is 1.69 bits per heavy atom. The SMILES string of the molecule is CCCC(C#N)NC(=O)c1cncc(Cl)n1. The Morgan fingerprint density at radius 3 is 3.00 bits per heavy atom. The molecule has 0 saturated carbocycles. The fourth-order valence-electron chi connectivity index (χ4n) is 1.14. The van der Waals surface area contributed by atoms with Crippen molar-refractivity contribution < 1.29 is 4.79 Å². The Morgan fingerprint density at radius 2 is 2.44 bits per heavy atom. The van der Waals surface area contributed by atoms with E-state index < -0.39 is 11.9 Å². The molecule has 5 nitrogen and oxygen atoms in total. The highest BCUT2D eigenvalue weighted by atomic mass is 35.5. The van der Waals surface area contributed by atoms with Gasteiger partial charge < -0.3 is 5.32 Å². The summed E-state index contributed by atoms with van der Waals surface area (Å²) in [7, 11) is 0. The van der Waals surface area contributed by atoms with Gasteiger partial charge in [-0.1, -0.05) is 24.9 Å². The maximum absolute atomic E-state index is 11.6. The van der Waals surface area contributed by atoms with Crippen LogP contribution in [0.25, 0.3) is 0 Å². The number of carbonyl (C=O) groups excluding carboxylic acids is 1. The number of amides is 1. The molecule has 0 aliphatic rings. The van der Waals surface area contributed by atoms with E-state index in [1.54, 1.807) is 0 Å².